The fourth-order valence-corrected chi connectivity index (χ4v) is 1.85. The molecule has 0 saturated carbocycles. The van der Waals surface area contributed by atoms with E-state index < -0.39 is 17.5 Å². The van der Waals surface area contributed by atoms with E-state index in [2.05, 4.69) is 4.74 Å². The van der Waals surface area contributed by atoms with Crippen LogP contribution in [-0.2, 0) is 0 Å². The highest BCUT2D eigenvalue weighted by molar-refractivity contribution is 5.66. The first-order valence-electron chi connectivity index (χ1n) is 6.03. The Kier molecular flexibility index (Phi) is 4.17. The summed E-state index contributed by atoms with van der Waals surface area (Å²) in [7, 11) is 1.24. The van der Waals surface area contributed by atoms with Crippen molar-refractivity contribution in [2.75, 3.05) is 13.7 Å². The molecule has 2 aromatic carbocycles. The number of hydrogen-bond donors (Lipinski definition) is 0. The lowest BCUT2D eigenvalue weighted by Crippen LogP contribution is -1.97. The Morgan fingerprint density at radius 1 is 0.950 bits per heavy atom. The summed E-state index contributed by atoms with van der Waals surface area (Å²) >= 11 is 0. The van der Waals surface area contributed by atoms with Crippen LogP contribution in [0.2, 0.25) is 0 Å². The summed E-state index contributed by atoms with van der Waals surface area (Å²) in [5.41, 5.74) is 0.190. The van der Waals surface area contributed by atoms with Gasteiger partial charge >= 0.3 is 0 Å². The van der Waals surface area contributed by atoms with Crippen LogP contribution in [0.3, 0.4) is 0 Å². The third kappa shape index (κ3) is 2.57. The lowest BCUT2D eigenvalue weighted by atomic mass is 10.0. The second-order valence-electron chi connectivity index (χ2n) is 4.02. The van der Waals surface area contributed by atoms with Gasteiger partial charge in [0.05, 0.1) is 13.7 Å². The van der Waals surface area contributed by atoms with Crippen LogP contribution in [0.4, 0.5) is 13.2 Å². The molecule has 0 amide bonds. The maximum Gasteiger partial charge on any atom is 0.201 e. The van der Waals surface area contributed by atoms with Gasteiger partial charge in [0.2, 0.25) is 5.82 Å². The molecule has 2 rings (SSSR count). The van der Waals surface area contributed by atoms with Gasteiger partial charge in [-0.25, -0.2) is 8.78 Å². The maximum atomic E-state index is 13.9. The third-order valence-electron chi connectivity index (χ3n) is 2.81. The fraction of sp³-hybridized carbons (Fsp3) is 0.200. The van der Waals surface area contributed by atoms with Gasteiger partial charge in [0, 0.05) is 5.56 Å². The van der Waals surface area contributed by atoms with Gasteiger partial charge in [-0.15, -0.1) is 0 Å². The van der Waals surface area contributed by atoms with Crippen molar-refractivity contribution in [1.29, 1.82) is 0 Å². The number of methoxy groups -OCH3 is 1. The zero-order valence-corrected chi connectivity index (χ0v) is 11.0. The maximum absolute atomic E-state index is 13.9. The predicted octanol–water partition coefficient (Wildman–Crippen LogP) is 4.18. The monoisotopic (exact) mass is 282 g/mol. The first kappa shape index (κ1) is 14.2. The van der Waals surface area contributed by atoms with E-state index in [1.807, 2.05) is 0 Å². The smallest absolute Gasteiger partial charge is 0.201 e. The molecule has 0 aliphatic heterocycles. The zero-order chi connectivity index (χ0) is 14.7. The lowest BCUT2D eigenvalue weighted by Gasteiger charge is -2.10. The minimum Gasteiger partial charge on any atom is -0.494 e. The van der Waals surface area contributed by atoms with Crippen molar-refractivity contribution in [2.45, 2.75) is 6.92 Å². The van der Waals surface area contributed by atoms with Crippen molar-refractivity contribution in [3.63, 3.8) is 0 Å². The molecule has 2 aromatic rings. The second-order valence-corrected chi connectivity index (χ2v) is 4.02. The Hall–Kier alpha value is -2.17. The van der Waals surface area contributed by atoms with Crippen LogP contribution < -0.4 is 9.47 Å². The topological polar surface area (TPSA) is 18.5 Å². The summed E-state index contributed by atoms with van der Waals surface area (Å²) in [5.74, 6) is -2.92. The molecule has 106 valence electrons. The van der Waals surface area contributed by atoms with E-state index in [1.165, 1.54) is 31.4 Å². The summed E-state index contributed by atoms with van der Waals surface area (Å²) in [6.07, 6.45) is 0. The number of rotatable bonds is 4. The number of hydrogen-bond acceptors (Lipinski definition) is 2. The third-order valence-corrected chi connectivity index (χ3v) is 2.81. The van der Waals surface area contributed by atoms with Crippen molar-refractivity contribution in [1.82, 2.24) is 0 Å². The van der Waals surface area contributed by atoms with E-state index in [4.69, 9.17) is 4.74 Å². The number of ether oxygens (including phenoxy) is 2. The van der Waals surface area contributed by atoms with Crippen molar-refractivity contribution in [3.05, 3.63) is 47.8 Å². The predicted molar refractivity (Wildman–Crippen MR) is 69.5 cm³/mol. The summed E-state index contributed by atoms with van der Waals surface area (Å²) in [4.78, 5) is 0. The Bertz CT molecular complexity index is 627. The summed E-state index contributed by atoms with van der Waals surface area (Å²) in [6, 6.07) is 6.60. The molecule has 0 heterocycles. The van der Waals surface area contributed by atoms with Gasteiger partial charge < -0.3 is 9.47 Å². The molecule has 0 fully saturated rings. The SMILES string of the molecule is CCOc1ccc(-c2ccc(OC)c(F)c2F)cc1F. The molecular formula is C15H13F3O2. The van der Waals surface area contributed by atoms with Gasteiger partial charge in [0.1, 0.15) is 0 Å². The molecule has 0 aromatic heterocycles. The first-order valence-corrected chi connectivity index (χ1v) is 6.03. The fourth-order valence-electron chi connectivity index (χ4n) is 1.85. The average molecular weight is 282 g/mol. The van der Waals surface area contributed by atoms with E-state index in [-0.39, 0.29) is 22.6 Å². The van der Waals surface area contributed by atoms with Crippen molar-refractivity contribution in [2.24, 2.45) is 0 Å². The minimum atomic E-state index is -1.10. The Morgan fingerprint density at radius 2 is 1.65 bits per heavy atom. The van der Waals surface area contributed by atoms with Gasteiger partial charge in [-0.2, -0.15) is 4.39 Å². The van der Waals surface area contributed by atoms with Crippen LogP contribution in [0.1, 0.15) is 6.92 Å². The highest BCUT2D eigenvalue weighted by atomic mass is 19.2. The molecule has 0 aliphatic rings. The lowest BCUT2D eigenvalue weighted by molar-refractivity contribution is 0.321. The van der Waals surface area contributed by atoms with E-state index in [0.29, 0.717) is 6.61 Å². The van der Waals surface area contributed by atoms with Crippen LogP contribution in [-0.4, -0.2) is 13.7 Å². The summed E-state index contributed by atoms with van der Waals surface area (Å²) in [6.45, 7) is 2.05. The number of halogens is 3. The van der Waals surface area contributed by atoms with Crippen LogP contribution in [0.15, 0.2) is 30.3 Å². The second kappa shape index (κ2) is 5.86. The van der Waals surface area contributed by atoms with Gasteiger partial charge in [-0.3, -0.25) is 0 Å². The molecule has 0 N–H and O–H groups in total. The molecule has 0 bridgehead atoms. The zero-order valence-electron chi connectivity index (χ0n) is 11.0. The highest BCUT2D eigenvalue weighted by Crippen LogP contribution is 2.31. The molecule has 0 spiro atoms. The minimum absolute atomic E-state index is 0.0368. The molecular weight excluding hydrogens is 269 g/mol. The summed E-state index contributed by atoms with van der Waals surface area (Å²) < 4.78 is 51.0. The van der Waals surface area contributed by atoms with Crippen molar-refractivity contribution in [3.8, 4) is 22.6 Å². The van der Waals surface area contributed by atoms with Crippen LogP contribution in [0.25, 0.3) is 11.1 Å². The van der Waals surface area contributed by atoms with E-state index in [9.17, 15) is 13.2 Å². The largest absolute Gasteiger partial charge is 0.494 e. The Balaban J connectivity index is 2.47. The molecule has 0 aliphatic carbocycles. The van der Waals surface area contributed by atoms with Crippen LogP contribution in [0, 0.1) is 17.5 Å². The molecule has 0 radical (unpaired) electrons. The average Bonchev–Trinajstić information content (AvgIpc) is 2.44. The van der Waals surface area contributed by atoms with E-state index >= 15 is 0 Å². The van der Waals surface area contributed by atoms with Crippen molar-refractivity contribution >= 4 is 0 Å². The molecule has 20 heavy (non-hydrogen) atoms. The Labute approximate surface area is 114 Å². The van der Waals surface area contributed by atoms with Gasteiger partial charge in [0.15, 0.2) is 23.1 Å². The van der Waals surface area contributed by atoms with E-state index in [0.717, 1.165) is 6.07 Å². The molecule has 2 nitrogen and oxygen atoms in total. The first-order chi connectivity index (χ1) is 9.58. The van der Waals surface area contributed by atoms with Crippen molar-refractivity contribution < 1.29 is 22.6 Å². The number of benzene rings is 2. The van der Waals surface area contributed by atoms with Gasteiger partial charge in [0.25, 0.3) is 0 Å². The summed E-state index contributed by atoms with van der Waals surface area (Å²) in [5, 5.41) is 0. The highest BCUT2D eigenvalue weighted by Gasteiger charge is 2.16. The van der Waals surface area contributed by atoms with Gasteiger partial charge in [-0.05, 0) is 36.8 Å². The molecule has 0 saturated heterocycles. The van der Waals surface area contributed by atoms with Crippen LogP contribution in [0.5, 0.6) is 11.5 Å². The molecule has 0 unspecified atom stereocenters. The quantitative estimate of drug-likeness (QED) is 0.837. The Morgan fingerprint density at radius 3 is 2.25 bits per heavy atom. The van der Waals surface area contributed by atoms with Crippen LogP contribution >= 0.6 is 0 Å². The van der Waals surface area contributed by atoms with E-state index in [1.54, 1.807) is 6.92 Å². The molecule has 0 atom stereocenters. The standard InChI is InChI=1S/C15H13F3O2/c1-3-20-12-6-4-9(8-11(12)16)10-5-7-13(19-2)15(18)14(10)17/h4-8H,3H2,1-2H3. The van der Waals surface area contributed by atoms with Gasteiger partial charge in [-0.1, -0.05) is 6.07 Å². The normalized spacial score (nSPS) is 10.4. The molecule has 5 heteroatoms.